The second kappa shape index (κ2) is 5.18. The lowest BCUT2D eigenvalue weighted by atomic mass is 10.3. The van der Waals surface area contributed by atoms with E-state index in [2.05, 4.69) is 4.72 Å². The van der Waals surface area contributed by atoms with Gasteiger partial charge in [-0.2, -0.15) is 0 Å². The van der Waals surface area contributed by atoms with Gasteiger partial charge in [-0.25, -0.2) is 12.8 Å². The lowest BCUT2D eigenvalue weighted by Crippen LogP contribution is -2.22. The van der Waals surface area contributed by atoms with Crippen molar-refractivity contribution >= 4 is 38.9 Å². The molecule has 0 radical (unpaired) electrons. The normalized spacial score (nSPS) is 11.5. The number of hydrogen-bond acceptors (Lipinski definition) is 3. The predicted molar refractivity (Wildman–Crippen MR) is 62.9 cm³/mol. The third kappa shape index (κ3) is 3.48. The van der Waals surface area contributed by atoms with Gasteiger partial charge < -0.3 is 5.73 Å². The Labute approximate surface area is 103 Å². The third-order valence-electron chi connectivity index (χ3n) is 1.65. The highest BCUT2D eigenvalue weighted by Gasteiger charge is 2.15. The van der Waals surface area contributed by atoms with Gasteiger partial charge in [-0.3, -0.25) is 4.72 Å². The highest BCUT2D eigenvalue weighted by atomic mass is 35.5. The van der Waals surface area contributed by atoms with Gasteiger partial charge in [0.1, 0.15) is 5.82 Å². The van der Waals surface area contributed by atoms with Crippen molar-refractivity contribution in [3.63, 3.8) is 0 Å². The van der Waals surface area contributed by atoms with Crippen LogP contribution in [0.5, 0.6) is 0 Å². The quantitative estimate of drug-likeness (QED) is 0.887. The first-order chi connectivity index (χ1) is 7.35. The zero-order valence-electron chi connectivity index (χ0n) is 8.00. The molecule has 0 bridgehead atoms. The molecule has 1 rings (SSSR count). The van der Waals surface area contributed by atoms with Gasteiger partial charge in [0.2, 0.25) is 10.0 Å². The molecule has 90 valence electrons. The zero-order chi connectivity index (χ0) is 12.3. The van der Waals surface area contributed by atoms with E-state index in [1.807, 2.05) is 0 Å². The second-order valence-electron chi connectivity index (χ2n) is 2.95. The van der Waals surface area contributed by atoms with Crippen LogP contribution >= 0.6 is 23.2 Å². The number of rotatable bonds is 4. The van der Waals surface area contributed by atoms with Gasteiger partial charge in [0.25, 0.3) is 0 Å². The molecule has 0 saturated carbocycles. The minimum absolute atomic E-state index is 0.0359. The van der Waals surface area contributed by atoms with Crippen LogP contribution in [0.15, 0.2) is 12.1 Å². The number of benzene rings is 1. The molecule has 1 aromatic rings. The number of nitrogens with one attached hydrogen (secondary N) is 1. The Hall–Kier alpha value is -0.560. The molecule has 1 aromatic carbocycles. The number of anilines is 1. The van der Waals surface area contributed by atoms with Crippen LogP contribution in [0.3, 0.4) is 0 Å². The Kier molecular flexibility index (Phi) is 4.37. The summed E-state index contributed by atoms with van der Waals surface area (Å²) in [5, 5.41) is -0.212. The van der Waals surface area contributed by atoms with E-state index in [1.54, 1.807) is 0 Å². The van der Waals surface area contributed by atoms with Crippen LogP contribution in [0.4, 0.5) is 10.1 Å². The Balaban J connectivity index is 3.07. The van der Waals surface area contributed by atoms with Crippen LogP contribution < -0.4 is 10.5 Å². The fourth-order valence-corrected chi connectivity index (χ4v) is 2.61. The fraction of sp³-hybridized carbons (Fsp3) is 0.250. The van der Waals surface area contributed by atoms with E-state index in [0.717, 1.165) is 12.1 Å². The molecule has 0 unspecified atom stereocenters. The first kappa shape index (κ1) is 13.5. The van der Waals surface area contributed by atoms with E-state index in [-0.39, 0.29) is 28.0 Å². The molecule has 0 aromatic heterocycles. The highest BCUT2D eigenvalue weighted by Crippen LogP contribution is 2.32. The van der Waals surface area contributed by atoms with Crippen LogP contribution in [0.25, 0.3) is 0 Å². The summed E-state index contributed by atoms with van der Waals surface area (Å²) in [5.74, 6) is -0.909. The summed E-state index contributed by atoms with van der Waals surface area (Å²) in [6.07, 6.45) is 0. The predicted octanol–water partition coefficient (Wildman–Crippen LogP) is 1.83. The first-order valence-electron chi connectivity index (χ1n) is 4.21. The SMILES string of the molecule is NCCS(=O)(=O)Nc1c(Cl)cc(F)cc1Cl. The van der Waals surface area contributed by atoms with Crippen molar-refractivity contribution in [1.82, 2.24) is 0 Å². The lowest BCUT2D eigenvalue weighted by Gasteiger charge is -2.10. The van der Waals surface area contributed by atoms with Crippen LogP contribution in [-0.4, -0.2) is 20.7 Å². The third-order valence-corrected chi connectivity index (χ3v) is 3.54. The summed E-state index contributed by atoms with van der Waals surface area (Å²) in [6.45, 7) is -0.0359. The van der Waals surface area contributed by atoms with Gasteiger partial charge in [-0.05, 0) is 12.1 Å². The molecule has 0 spiro atoms. The summed E-state index contributed by atoms with van der Waals surface area (Å²) < 4.78 is 37.7. The maximum absolute atomic E-state index is 12.8. The largest absolute Gasteiger partial charge is 0.329 e. The molecule has 0 heterocycles. The van der Waals surface area contributed by atoms with E-state index in [9.17, 15) is 12.8 Å². The molecule has 0 aliphatic rings. The van der Waals surface area contributed by atoms with Crippen LogP contribution in [0.2, 0.25) is 10.0 Å². The van der Waals surface area contributed by atoms with E-state index in [4.69, 9.17) is 28.9 Å². The van der Waals surface area contributed by atoms with Crippen LogP contribution in [-0.2, 0) is 10.0 Å². The summed E-state index contributed by atoms with van der Waals surface area (Å²) in [7, 11) is -3.61. The minimum atomic E-state index is -3.61. The zero-order valence-corrected chi connectivity index (χ0v) is 10.3. The molecule has 0 fully saturated rings. The number of sulfonamides is 1. The van der Waals surface area contributed by atoms with E-state index >= 15 is 0 Å². The van der Waals surface area contributed by atoms with E-state index < -0.39 is 15.8 Å². The van der Waals surface area contributed by atoms with Crippen molar-refractivity contribution in [2.45, 2.75) is 0 Å². The average molecular weight is 287 g/mol. The average Bonchev–Trinajstić information content (AvgIpc) is 2.11. The Morgan fingerprint density at radius 2 is 1.81 bits per heavy atom. The Morgan fingerprint density at radius 3 is 2.25 bits per heavy atom. The number of halogens is 3. The molecule has 0 amide bonds. The lowest BCUT2D eigenvalue weighted by molar-refractivity contribution is 0.600. The summed E-state index contributed by atoms with van der Waals surface area (Å²) in [4.78, 5) is 0. The van der Waals surface area contributed by atoms with Gasteiger partial charge in [-0.1, -0.05) is 23.2 Å². The maximum Gasteiger partial charge on any atom is 0.234 e. The van der Waals surface area contributed by atoms with Crippen LogP contribution in [0, 0.1) is 5.82 Å². The molecular formula is C8H9Cl2FN2O2S. The van der Waals surface area contributed by atoms with Crippen LogP contribution in [0.1, 0.15) is 0 Å². The monoisotopic (exact) mass is 286 g/mol. The standard InChI is InChI=1S/C8H9Cl2FN2O2S/c9-6-3-5(11)4-7(10)8(6)13-16(14,15)2-1-12/h3-4,13H,1-2,12H2. The van der Waals surface area contributed by atoms with E-state index in [1.165, 1.54) is 0 Å². The number of nitrogens with two attached hydrogens (primary N) is 1. The van der Waals surface area contributed by atoms with Crippen molar-refractivity contribution in [2.24, 2.45) is 5.73 Å². The van der Waals surface area contributed by atoms with Crippen molar-refractivity contribution in [3.8, 4) is 0 Å². The second-order valence-corrected chi connectivity index (χ2v) is 5.61. The summed E-state index contributed by atoms with van der Waals surface area (Å²) in [6, 6.07) is 1.93. The molecule has 0 aliphatic carbocycles. The fourth-order valence-electron chi connectivity index (χ4n) is 1.00. The van der Waals surface area contributed by atoms with Gasteiger partial charge >= 0.3 is 0 Å². The molecular weight excluding hydrogens is 278 g/mol. The highest BCUT2D eigenvalue weighted by molar-refractivity contribution is 7.92. The molecule has 0 atom stereocenters. The summed E-state index contributed by atoms with van der Waals surface area (Å²) >= 11 is 11.3. The Bertz CT molecular complexity index is 470. The van der Waals surface area contributed by atoms with Gasteiger partial charge in [-0.15, -0.1) is 0 Å². The maximum atomic E-state index is 12.8. The molecule has 0 saturated heterocycles. The van der Waals surface area contributed by atoms with Crippen molar-refractivity contribution in [1.29, 1.82) is 0 Å². The van der Waals surface area contributed by atoms with Crippen molar-refractivity contribution < 1.29 is 12.8 Å². The molecule has 4 nitrogen and oxygen atoms in total. The molecule has 16 heavy (non-hydrogen) atoms. The molecule has 8 heteroatoms. The molecule has 0 aliphatic heterocycles. The van der Waals surface area contributed by atoms with Gasteiger partial charge in [0.15, 0.2) is 0 Å². The number of hydrogen-bond donors (Lipinski definition) is 2. The smallest absolute Gasteiger partial charge is 0.234 e. The van der Waals surface area contributed by atoms with E-state index in [0.29, 0.717) is 0 Å². The van der Waals surface area contributed by atoms with Gasteiger partial charge in [0, 0.05) is 6.54 Å². The van der Waals surface area contributed by atoms with Crippen molar-refractivity contribution in [3.05, 3.63) is 28.0 Å². The minimum Gasteiger partial charge on any atom is -0.329 e. The van der Waals surface area contributed by atoms with Crippen molar-refractivity contribution in [2.75, 3.05) is 17.0 Å². The Morgan fingerprint density at radius 1 is 1.31 bits per heavy atom. The van der Waals surface area contributed by atoms with Gasteiger partial charge in [0.05, 0.1) is 21.5 Å². The topological polar surface area (TPSA) is 72.2 Å². The summed E-state index contributed by atoms with van der Waals surface area (Å²) in [5.41, 5.74) is 5.08. The molecule has 3 N–H and O–H groups in total. The first-order valence-corrected chi connectivity index (χ1v) is 6.61.